The van der Waals surface area contributed by atoms with Gasteiger partial charge in [0.15, 0.2) is 0 Å². The van der Waals surface area contributed by atoms with E-state index in [9.17, 15) is 9.59 Å². The minimum absolute atomic E-state index is 0.0373. The van der Waals surface area contributed by atoms with Gasteiger partial charge in [0.2, 0.25) is 5.91 Å². The van der Waals surface area contributed by atoms with Crippen molar-refractivity contribution < 1.29 is 14.3 Å². The molecule has 0 aliphatic heterocycles. The average Bonchev–Trinajstić information content (AvgIpc) is 2.44. The Hall–Kier alpha value is -2.30. The summed E-state index contributed by atoms with van der Waals surface area (Å²) in [5.41, 5.74) is 7.15. The molecule has 5 heteroatoms. The molecule has 0 saturated carbocycles. The molecule has 0 aliphatic carbocycles. The second kappa shape index (κ2) is 7.99. The summed E-state index contributed by atoms with van der Waals surface area (Å²) >= 11 is 0. The number of hydrogen-bond acceptors (Lipinski definition) is 4. The number of rotatable bonds is 6. The standard InChI is InChI=1S/C15H20N2O3/c1-3-9-17(11-15(19)20-2)14(18)8-7-12-5-4-6-13(16)10-12/h4-8,10H,3,9,11,16H2,1-2H3/b8-7+. The first-order valence-corrected chi connectivity index (χ1v) is 6.46. The molecule has 1 amide bonds. The molecular weight excluding hydrogens is 256 g/mol. The van der Waals surface area contributed by atoms with Crippen molar-refractivity contribution in [2.75, 3.05) is 25.9 Å². The Morgan fingerprint density at radius 2 is 2.15 bits per heavy atom. The summed E-state index contributed by atoms with van der Waals surface area (Å²) in [6.45, 7) is 2.42. The lowest BCUT2D eigenvalue weighted by Gasteiger charge is -2.18. The van der Waals surface area contributed by atoms with Gasteiger partial charge in [0.05, 0.1) is 7.11 Å². The lowest BCUT2D eigenvalue weighted by molar-refractivity contribution is -0.145. The predicted octanol–water partition coefficient (Wildman–Crippen LogP) is 1.69. The molecule has 0 fully saturated rings. The van der Waals surface area contributed by atoms with Crippen molar-refractivity contribution in [2.45, 2.75) is 13.3 Å². The molecular formula is C15H20N2O3. The van der Waals surface area contributed by atoms with Gasteiger partial charge in [0.25, 0.3) is 0 Å². The number of nitrogens with zero attached hydrogens (tertiary/aromatic N) is 1. The molecule has 0 atom stereocenters. The molecule has 0 saturated heterocycles. The van der Waals surface area contributed by atoms with Crippen molar-refractivity contribution in [2.24, 2.45) is 0 Å². The van der Waals surface area contributed by atoms with Crippen LogP contribution >= 0.6 is 0 Å². The Bertz CT molecular complexity index is 498. The number of anilines is 1. The first-order chi connectivity index (χ1) is 9.56. The number of nitrogens with two attached hydrogens (primary N) is 1. The van der Waals surface area contributed by atoms with Gasteiger partial charge >= 0.3 is 5.97 Å². The minimum atomic E-state index is -0.427. The van der Waals surface area contributed by atoms with Gasteiger partial charge in [-0.25, -0.2) is 0 Å². The van der Waals surface area contributed by atoms with Crippen LogP contribution in [0.25, 0.3) is 6.08 Å². The van der Waals surface area contributed by atoms with Crippen LogP contribution < -0.4 is 5.73 Å². The molecule has 1 aromatic carbocycles. The van der Waals surface area contributed by atoms with Crippen molar-refractivity contribution in [1.82, 2.24) is 4.90 Å². The van der Waals surface area contributed by atoms with E-state index in [-0.39, 0.29) is 12.5 Å². The van der Waals surface area contributed by atoms with Gasteiger partial charge in [-0.3, -0.25) is 9.59 Å². The van der Waals surface area contributed by atoms with Crippen LogP contribution in [0.3, 0.4) is 0 Å². The lowest BCUT2D eigenvalue weighted by atomic mass is 10.2. The summed E-state index contributed by atoms with van der Waals surface area (Å²) in [7, 11) is 1.31. The summed E-state index contributed by atoms with van der Waals surface area (Å²) in [6.07, 6.45) is 3.89. The maximum atomic E-state index is 12.0. The van der Waals surface area contributed by atoms with Crippen LogP contribution in [0, 0.1) is 0 Å². The molecule has 0 aromatic heterocycles. The highest BCUT2D eigenvalue weighted by molar-refractivity contribution is 5.93. The largest absolute Gasteiger partial charge is 0.468 e. The van der Waals surface area contributed by atoms with Crippen molar-refractivity contribution in [3.63, 3.8) is 0 Å². The van der Waals surface area contributed by atoms with Crippen LogP contribution in [-0.2, 0) is 14.3 Å². The zero-order chi connectivity index (χ0) is 15.0. The molecule has 0 radical (unpaired) electrons. The maximum Gasteiger partial charge on any atom is 0.325 e. The van der Waals surface area contributed by atoms with E-state index < -0.39 is 5.97 Å². The van der Waals surface area contributed by atoms with Crippen LogP contribution in [0.4, 0.5) is 5.69 Å². The predicted molar refractivity (Wildman–Crippen MR) is 78.8 cm³/mol. The number of carbonyl (C=O) groups is 2. The zero-order valence-corrected chi connectivity index (χ0v) is 11.8. The molecule has 0 spiro atoms. The van der Waals surface area contributed by atoms with Gasteiger partial charge in [-0.05, 0) is 30.2 Å². The van der Waals surface area contributed by atoms with E-state index in [4.69, 9.17) is 5.73 Å². The highest BCUT2D eigenvalue weighted by Gasteiger charge is 2.14. The van der Waals surface area contributed by atoms with Crippen molar-refractivity contribution >= 4 is 23.6 Å². The molecule has 20 heavy (non-hydrogen) atoms. The summed E-state index contributed by atoms with van der Waals surface area (Å²) in [4.78, 5) is 24.8. The molecule has 0 aliphatic rings. The van der Waals surface area contributed by atoms with Gasteiger partial charge in [-0.2, -0.15) is 0 Å². The van der Waals surface area contributed by atoms with Crippen molar-refractivity contribution in [3.05, 3.63) is 35.9 Å². The minimum Gasteiger partial charge on any atom is -0.468 e. The number of methoxy groups -OCH3 is 1. The lowest BCUT2D eigenvalue weighted by Crippen LogP contribution is -2.35. The van der Waals surface area contributed by atoms with Gasteiger partial charge in [0.1, 0.15) is 6.54 Å². The molecule has 1 rings (SSSR count). The van der Waals surface area contributed by atoms with Crippen molar-refractivity contribution in [3.8, 4) is 0 Å². The van der Waals surface area contributed by atoms with E-state index >= 15 is 0 Å². The van der Waals surface area contributed by atoms with Crippen LogP contribution in [0.2, 0.25) is 0 Å². The van der Waals surface area contributed by atoms with Crippen LogP contribution in [0.5, 0.6) is 0 Å². The Morgan fingerprint density at radius 1 is 1.40 bits per heavy atom. The maximum absolute atomic E-state index is 12.0. The van der Waals surface area contributed by atoms with Gasteiger partial charge in [-0.1, -0.05) is 19.1 Å². The van der Waals surface area contributed by atoms with E-state index in [0.717, 1.165) is 12.0 Å². The fraction of sp³-hybridized carbons (Fsp3) is 0.333. The Kier molecular flexibility index (Phi) is 6.29. The third kappa shape index (κ3) is 5.14. The van der Waals surface area contributed by atoms with Gasteiger partial charge < -0.3 is 15.4 Å². The summed E-state index contributed by atoms with van der Waals surface area (Å²) in [6, 6.07) is 7.22. The topological polar surface area (TPSA) is 72.6 Å². The number of carbonyl (C=O) groups excluding carboxylic acids is 2. The first-order valence-electron chi connectivity index (χ1n) is 6.46. The smallest absolute Gasteiger partial charge is 0.325 e. The number of esters is 1. The second-order valence-corrected chi connectivity index (χ2v) is 4.34. The van der Waals surface area contributed by atoms with Gasteiger partial charge in [-0.15, -0.1) is 0 Å². The van der Waals surface area contributed by atoms with Gasteiger partial charge in [0, 0.05) is 18.3 Å². The van der Waals surface area contributed by atoms with Crippen LogP contribution in [0.15, 0.2) is 30.3 Å². The molecule has 0 bridgehead atoms. The van der Waals surface area contributed by atoms with Crippen LogP contribution in [0.1, 0.15) is 18.9 Å². The molecule has 1 aromatic rings. The highest BCUT2D eigenvalue weighted by Crippen LogP contribution is 2.08. The highest BCUT2D eigenvalue weighted by atomic mass is 16.5. The normalized spacial score (nSPS) is 10.5. The monoisotopic (exact) mass is 276 g/mol. The average molecular weight is 276 g/mol. The quantitative estimate of drug-likeness (QED) is 0.487. The summed E-state index contributed by atoms with van der Waals surface area (Å²) in [5, 5.41) is 0. The molecule has 108 valence electrons. The number of amides is 1. The van der Waals surface area contributed by atoms with Crippen molar-refractivity contribution in [1.29, 1.82) is 0 Å². The van der Waals surface area contributed by atoms with E-state index in [1.165, 1.54) is 18.1 Å². The molecule has 0 heterocycles. The van der Waals surface area contributed by atoms with E-state index in [2.05, 4.69) is 4.74 Å². The number of ether oxygens (including phenoxy) is 1. The number of hydrogen-bond donors (Lipinski definition) is 1. The number of benzene rings is 1. The zero-order valence-electron chi connectivity index (χ0n) is 11.8. The fourth-order valence-electron chi connectivity index (χ4n) is 1.69. The Balaban J connectivity index is 2.72. The first kappa shape index (κ1) is 15.8. The third-order valence-electron chi connectivity index (χ3n) is 2.68. The van der Waals surface area contributed by atoms with E-state index in [1.807, 2.05) is 19.1 Å². The molecule has 0 unspecified atom stereocenters. The van der Waals surface area contributed by atoms with E-state index in [0.29, 0.717) is 12.2 Å². The SMILES string of the molecule is CCCN(CC(=O)OC)C(=O)/C=C/c1cccc(N)c1. The Morgan fingerprint density at radius 3 is 2.75 bits per heavy atom. The Labute approximate surface area is 119 Å². The number of nitrogen functional groups attached to an aromatic ring is 1. The summed E-state index contributed by atoms with van der Waals surface area (Å²) < 4.78 is 4.58. The second-order valence-electron chi connectivity index (χ2n) is 4.34. The molecule has 2 N–H and O–H groups in total. The summed E-state index contributed by atoms with van der Waals surface area (Å²) in [5.74, 6) is -0.649. The van der Waals surface area contributed by atoms with E-state index in [1.54, 1.807) is 18.2 Å². The molecule has 5 nitrogen and oxygen atoms in total. The van der Waals surface area contributed by atoms with Crippen LogP contribution in [-0.4, -0.2) is 37.0 Å². The fourth-order valence-corrected chi connectivity index (χ4v) is 1.69. The third-order valence-corrected chi connectivity index (χ3v) is 2.68.